The van der Waals surface area contributed by atoms with Gasteiger partial charge in [-0.1, -0.05) is 5.92 Å². The van der Waals surface area contributed by atoms with E-state index in [4.69, 9.17) is 5.26 Å². The zero-order valence-electron chi connectivity index (χ0n) is 4.97. The predicted molar refractivity (Wildman–Crippen MR) is 30.0 cm³/mol. The summed E-state index contributed by atoms with van der Waals surface area (Å²) in [6.45, 7) is 1.29. The lowest BCUT2D eigenvalue weighted by Crippen LogP contribution is -2.00. The first-order valence-electron chi connectivity index (χ1n) is 2.27. The van der Waals surface area contributed by atoms with Gasteiger partial charge < -0.3 is 4.74 Å². The van der Waals surface area contributed by atoms with Gasteiger partial charge in [0.25, 0.3) is 0 Å². The molecule has 0 saturated heterocycles. The predicted octanol–water partition coefficient (Wildman–Crippen LogP) is 0.0765. The lowest BCUT2D eigenvalue weighted by molar-refractivity contribution is -0.135. The molecule has 0 aromatic heterocycles. The number of hydrogen-bond acceptors (Lipinski definition) is 3. The van der Waals surface area contributed by atoms with E-state index < -0.39 is 5.97 Å². The lowest BCUT2D eigenvalue weighted by Gasteiger charge is -1.87. The van der Waals surface area contributed by atoms with Gasteiger partial charge in [-0.3, -0.25) is 0 Å². The molecule has 0 spiro atoms. The smallest absolute Gasteiger partial charge is 0.385 e. The summed E-state index contributed by atoms with van der Waals surface area (Å²) in [6.07, 6.45) is 0. The molecule has 0 aliphatic rings. The number of nitrogens with zero attached hydrogens (tertiary/aromatic N) is 1. The molecule has 9 heavy (non-hydrogen) atoms. The second-order valence-electron chi connectivity index (χ2n) is 1.11. The van der Waals surface area contributed by atoms with Crippen LogP contribution >= 0.6 is 0 Å². The van der Waals surface area contributed by atoms with Crippen LogP contribution in [0.15, 0.2) is 0 Å². The van der Waals surface area contributed by atoms with Gasteiger partial charge in [0.05, 0.1) is 0 Å². The van der Waals surface area contributed by atoms with Gasteiger partial charge in [0, 0.05) is 5.92 Å². The molecule has 0 bridgehead atoms. The summed E-state index contributed by atoms with van der Waals surface area (Å²) in [6, 6.07) is 1.65. The van der Waals surface area contributed by atoms with Crippen molar-refractivity contribution in [3.05, 3.63) is 0 Å². The van der Waals surface area contributed by atoms with E-state index in [0.29, 0.717) is 0 Å². The van der Waals surface area contributed by atoms with Crippen molar-refractivity contribution < 1.29 is 9.53 Å². The van der Waals surface area contributed by atoms with Gasteiger partial charge in [-0.25, -0.2) is 4.79 Å². The van der Waals surface area contributed by atoms with Crippen LogP contribution in [0.4, 0.5) is 0 Å². The fourth-order valence-corrected chi connectivity index (χ4v) is 0.236. The van der Waals surface area contributed by atoms with E-state index in [1.807, 2.05) is 0 Å². The second kappa shape index (κ2) is 4.67. The minimum Gasteiger partial charge on any atom is -0.441 e. The maximum absolute atomic E-state index is 10.3. The van der Waals surface area contributed by atoms with Gasteiger partial charge in [-0.15, -0.1) is 0 Å². The zero-order chi connectivity index (χ0) is 7.11. The average molecular weight is 123 g/mol. The molecule has 0 saturated carbocycles. The summed E-state index contributed by atoms with van der Waals surface area (Å²) in [7, 11) is 0. The van der Waals surface area contributed by atoms with Crippen molar-refractivity contribution in [2.24, 2.45) is 0 Å². The highest BCUT2D eigenvalue weighted by Crippen LogP contribution is 1.72. The molecule has 0 N–H and O–H groups in total. The van der Waals surface area contributed by atoms with Crippen LogP contribution in [-0.2, 0) is 9.53 Å². The number of ether oxygens (including phenoxy) is 1. The number of carbonyl (C=O) groups is 1. The molecule has 0 rings (SSSR count). The van der Waals surface area contributed by atoms with Gasteiger partial charge in [-0.2, -0.15) is 5.26 Å². The number of rotatable bonds is 1. The zero-order valence-corrected chi connectivity index (χ0v) is 4.97. The van der Waals surface area contributed by atoms with E-state index in [9.17, 15) is 4.79 Å². The fraction of sp³-hybridized carbons (Fsp3) is 0.333. The molecule has 3 nitrogen and oxygen atoms in total. The fourth-order valence-electron chi connectivity index (χ4n) is 0.236. The Morgan fingerprint density at radius 2 is 2.44 bits per heavy atom. The van der Waals surface area contributed by atoms with E-state index in [1.165, 1.54) is 6.92 Å². The molecule has 3 heteroatoms. The maximum Gasteiger partial charge on any atom is 0.385 e. The first-order chi connectivity index (χ1) is 4.31. The Balaban J connectivity index is 3.51. The molecule has 0 heterocycles. The highest BCUT2D eigenvalue weighted by atomic mass is 16.5. The normalized spacial score (nSPS) is 6.22. The third kappa shape index (κ3) is 4.37. The summed E-state index contributed by atoms with van der Waals surface area (Å²) in [4.78, 5) is 10.3. The van der Waals surface area contributed by atoms with Crippen LogP contribution in [0.2, 0.25) is 0 Å². The van der Waals surface area contributed by atoms with E-state index in [2.05, 4.69) is 16.6 Å². The molecule has 0 atom stereocenters. The van der Waals surface area contributed by atoms with Crippen molar-refractivity contribution in [2.75, 3.05) is 6.61 Å². The highest BCUT2D eigenvalue weighted by Gasteiger charge is 1.91. The van der Waals surface area contributed by atoms with Crippen LogP contribution in [0.3, 0.4) is 0 Å². The van der Waals surface area contributed by atoms with E-state index in [-0.39, 0.29) is 6.61 Å². The van der Waals surface area contributed by atoms with Gasteiger partial charge >= 0.3 is 5.97 Å². The van der Waals surface area contributed by atoms with Crippen molar-refractivity contribution in [3.63, 3.8) is 0 Å². The first kappa shape index (κ1) is 7.52. The van der Waals surface area contributed by atoms with E-state index in [0.717, 1.165) is 0 Å². The highest BCUT2D eigenvalue weighted by molar-refractivity contribution is 5.88. The molecule has 0 unspecified atom stereocenters. The summed E-state index contributed by atoms with van der Waals surface area (Å²) < 4.78 is 4.26. The molecule has 0 aliphatic carbocycles. The third-order valence-electron chi connectivity index (χ3n) is 0.495. The molecule has 0 aromatic rings. The molecule has 46 valence electrons. The molecule has 0 amide bonds. The summed E-state index contributed by atoms with van der Waals surface area (Å²) in [5.41, 5.74) is 0. The molecular formula is C6H5NO2. The number of nitriles is 1. The van der Waals surface area contributed by atoms with Gasteiger partial charge in [-0.05, 0) is 6.92 Å². The minimum absolute atomic E-state index is 0.229. The Hall–Kier alpha value is -1.48. The van der Waals surface area contributed by atoms with Crippen LogP contribution in [-0.4, -0.2) is 12.6 Å². The Kier molecular flexibility index (Phi) is 3.90. The molecule has 0 radical (unpaired) electrons. The first-order valence-corrected chi connectivity index (χ1v) is 2.27. The third-order valence-corrected chi connectivity index (χ3v) is 0.495. The Morgan fingerprint density at radius 1 is 1.78 bits per heavy atom. The molecule has 0 aromatic carbocycles. The Morgan fingerprint density at radius 3 is 2.89 bits per heavy atom. The van der Waals surface area contributed by atoms with Crippen LogP contribution < -0.4 is 0 Å². The van der Waals surface area contributed by atoms with E-state index in [1.54, 1.807) is 6.07 Å². The topological polar surface area (TPSA) is 50.1 Å². The SMILES string of the molecule is CC#CC(=O)OCC#N. The van der Waals surface area contributed by atoms with Gasteiger partial charge in [0.15, 0.2) is 6.61 Å². The summed E-state index contributed by atoms with van der Waals surface area (Å²) in [5, 5.41) is 7.91. The maximum atomic E-state index is 10.3. The lowest BCUT2D eigenvalue weighted by atomic mass is 10.6. The van der Waals surface area contributed by atoms with Crippen molar-refractivity contribution in [1.29, 1.82) is 5.26 Å². The van der Waals surface area contributed by atoms with Crippen molar-refractivity contribution in [1.82, 2.24) is 0 Å². The van der Waals surface area contributed by atoms with E-state index >= 15 is 0 Å². The van der Waals surface area contributed by atoms with Crippen LogP contribution in [0.25, 0.3) is 0 Å². The van der Waals surface area contributed by atoms with Gasteiger partial charge in [0.1, 0.15) is 6.07 Å². The monoisotopic (exact) mass is 123 g/mol. The molecule has 0 aliphatic heterocycles. The number of hydrogen-bond donors (Lipinski definition) is 0. The Labute approximate surface area is 53.2 Å². The standard InChI is InChI=1S/C6H5NO2/c1-2-3-6(8)9-5-4-7/h5H2,1H3. The Bertz CT molecular complexity index is 191. The minimum atomic E-state index is -0.654. The van der Waals surface area contributed by atoms with Crippen LogP contribution in [0.5, 0.6) is 0 Å². The summed E-state index contributed by atoms with van der Waals surface area (Å²) in [5.74, 6) is 3.81. The van der Waals surface area contributed by atoms with Crippen LogP contribution in [0.1, 0.15) is 6.92 Å². The van der Waals surface area contributed by atoms with Gasteiger partial charge in [0.2, 0.25) is 0 Å². The van der Waals surface area contributed by atoms with Crippen molar-refractivity contribution >= 4 is 5.97 Å². The second-order valence-corrected chi connectivity index (χ2v) is 1.11. The molecule has 0 fully saturated rings. The van der Waals surface area contributed by atoms with Crippen LogP contribution in [0, 0.1) is 23.2 Å². The molecular weight excluding hydrogens is 118 g/mol. The summed E-state index contributed by atoms with van der Waals surface area (Å²) >= 11 is 0. The largest absolute Gasteiger partial charge is 0.441 e. The number of esters is 1. The van der Waals surface area contributed by atoms with Crippen molar-refractivity contribution in [3.8, 4) is 17.9 Å². The van der Waals surface area contributed by atoms with Crippen molar-refractivity contribution in [2.45, 2.75) is 6.92 Å². The average Bonchev–Trinajstić information content (AvgIpc) is 1.85. The quantitative estimate of drug-likeness (QED) is 0.282. The number of carbonyl (C=O) groups excluding carboxylic acids is 1.